The molecular weight excluding hydrogens is 388 g/mol. The second kappa shape index (κ2) is 10.8. The van der Waals surface area contributed by atoms with Gasteiger partial charge in [0, 0.05) is 24.5 Å². The van der Waals surface area contributed by atoms with Gasteiger partial charge in [-0.3, -0.25) is 14.3 Å². The quantitative estimate of drug-likeness (QED) is 0.240. The number of carbonyl (C=O) groups excluding carboxylic acids is 1. The Hall–Kier alpha value is -3.46. The number of hydrogen-bond acceptors (Lipinski definition) is 7. The van der Waals surface area contributed by atoms with E-state index in [1.54, 1.807) is 24.5 Å². The van der Waals surface area contributed by atoms with E-state index in [0.29, 0.717) is 17.5 Å². The Morgan fingerprint density at radius 2 is 2.10 bits per heavy atom. The summed E-state index contributed by atoms with van der Waals surface area (Å²) in [6.07, 6.45) is 6.61. The summed E-state index contributed by atoms with van der Waals surface area (Å²) in [4.78, 5) is 16.0. The molecule has 8 nitrogen and oxygen atoms in total. The normalized spacial score (nSPS) is 10.8. The fourth-order valence-corrected chi connectivity index (χ4v) is 3.06. The van der Waals surface area contributed by atoms with Crippen LogP contribution in [-0.2, 0) is 17.9 Å². The minimum atomic E-state index is -0.245. The molecule has 1 aromatic carbocycles. The number of amides is 1. The fourth-order valence-electron chi connectivity index (χ4n) is 2.30. The molecule has 1 amide bonds. The van der Waals surface area contributed by atoms with Crippen molar-refractivity contribution in [3.8, 4) is 5.75 Å². The molecular formula is C20H20N6O2S. The number of aromatic nitrogens is 4. The van der Waals surface area contributed by atoms with Crippen LogP contribution in [0, 0.1) is 0 Å². The summed E-state index contributed by atoms with van der Waals surface area (Å²) in [5, 5.41) is 12.9. The van der Waals surface area contributed by atoms with Crippen molar-refractivity contribution in [2.75, 3.05) is 5.75 Å². The molecule has 0 unspecified atom stereocenters. The third-order valence-electron chi connectivity index (χ3n) is 3.64. The Kier molecular flexibility index (Phi) is 7.53. The first-order chi connectivity index (χ1) is 14.3. The molecule has 0 aliphatic rings. The molecule has 3 rings (SSSR count). The molecule has 9 heteroatoms. The number of hydrazone groups is 1. The number of para-hydroxylation sites is 1. The Bertz CT molecular complexity index is 960. The van der Waals surface area contributed by atoms with E-state index in [2.05, 4.69) is 32.3 Å². The first-order valence-electron chi connectivity index (χ1n) is 8.82. The smallest absolute Gasteiger partial charge is 0.250 e. The van der Waals surface area contributed by atoms with Gasteiger partial charge in [0.2, 0.25) is 0 Å². The number of rotatable bonds is 10. The number of allylic oxidation sites excluding steroid dienone is 1. The number of hydrogen-bond donors (Lipinski definition) is 1. The highest BCUT2D eigenvalue weighted by Gasteiger charge is 2.14. The third-order valence-corrected chi connectivity index (χ3v) is 4.60. The van der Waals surface area contributed by atoms with Gasteiger partial charge < -0.3 is 4.74 Å². The summed E-state index contributed by atoms with van der Waals surface area (Å²) < 4.78 is 7.61. The van der Waals surface area contributed by atoms with Crippen LogP contribution in [0.5, 0.6) is 5.75 Å². The first-order valence-corrected chi connectivity index (χ1v) is 9.80. The topological polar surface area (TPSA) is 94.3 Å². The summed E-state index contributed by atoms with van der Waals surface area (Å²) in [6.45, 7) is 4.56. The lowest BCUT2D eigenvalue weighted by Gasteiger charge is -2.08. The van der Waals surface area contributed by atoms with Crippen molar-refractivity contribution >= 4 is 23.9 Å². The van der Waals surface area contributed by atoms with Crippen molar-refractivity contribution in [3.63, 3.8) is 0 Å². The number of pyridine rings is 1. The van der Waals surface area contributed by atoms with Crippen LogP contribution in [0.1, 0.15) is 11.4 Å². The molecule has 0 atom stereocenters. The first kappa shape index (κ1) is 20.3. The molecule has 0 aliphatic heterocycles. The minimum Gasteiger partial charge on any atom is -0.486 e. The molecule has 0 aliphatic carbocycles. The number of nitrogens with zero attached hydrogens (tertiary/aromatic N) is 5. The number of carbonyl (C=O) groups is 1. The van der Waals surface area contributed by atoms with Crippen molar-refractivity contribution < 1.29 is 9.53 Å². The van der Waals surface area contributed by atoms with E-state index in [1.807, 2.05) is 41.0 Å². The number of benzene rings is 1. The average Bonchev–Trinajstić information content (AvgIpc) is 3.14. The van der Waals surface area contributed by atoms with Crippen LogP contribution in [-0.4, -0.2) is 37.6 Å². The Labute approximate surface area is 172 Å². The second-order valence-corrected chi connectivity index (χ2v) is 6.71. The molecule has 0 saturated heterocycles. The molecule has 0 saturated carbocycles. The number of thioether (sulfide) groups is 1. The molecule has 1 N–H and O–H groups in total. The van der Waals surface area contributed by atoms with Crippen LogP contribution >= 0.6 is 11.8 Å². The fraction of sp³-hybridized carbons (Fsp3) is 0.150. The largest absolute Gasteiger partial charge is 0.486 e. The monoisotopic (exact) mass is 408 g/mol. The second-order valence-electron chi connectivity index (χ2n) is 5.77. The minimum absolute atomic E-state index is 0.152. The predicted molar refractivity (Wildman–Crippen MR) is 112 cm³/mol. The summed E-state index contributed by atoms with van der Waals surface area (Å²) in [7, 11) is 0. The molecule has 0 spiro atoms. The zero-order valence-corrected chi connectivity index (χ0v) is 16.5. The van der Waals surface area contributed by atoms with Crippen molar-refractivity contribution in [2.24, 2.45) is 5.10 Å². The molecule has 0 radical (unpaired) electrons. The van der Waals surface area contributed by atoms with Gasteiger partial charge in [0.1, 0.15) is 12.4 Å². The maximum Gasteiger partial charge on any atom is 0.250 e. The average molecular weight is 408 g/mol. The van der Waals surface area contributed by atoms with Gasteiger partial charge in [0.15, 0.2) is 11.0 Å². The zero-order chi connectivity index (χ0) is 20.3. The molecule has 2 heterocycles. The molecule has 0 fully saturated rings. The van der Waals surface area contributed by atoms with E-state index in [4.69, 9.17) is 4.74 Å². The lowest BCUT2D eigenvalue weighted by Crippen LogP contribution is -2.20. The van der Waals surface area contributed by atoms with Crippen LogP contribution in [0.4, 0.5) is 0 Å². The van der Waals surface area contributed by atoms with E-state index in [9.17, 15) is 4.79 Å². The van der Waals surface area contributed by atoms with E-state index < -0.39 is 0 Å². The highest BCUT2D eigenvalue weighted by Crippen LogP contribution is 2.18. The molecule has 2 aromatic heterocycles. The van der Waals surface area contributed by atoms with Gasteiger partial charge in [-0.1, -0.05) is 42.1 Å². The van der Waals surface area contributed by atoms with Crippen molar-refractivity contribution in [3.05, 3.63) is 78.9 Å². The maximum atomic E-state index is 12.0. The summed E-state index contributed by atoms with van der Waals surface area (Å²) >= 11 is 1.27. The van der Waals surface area contributed by atoms with Crippen LogP contribution in [0.3, 0.4) is 0 Å². The lowest BCUT2D eigenvalue weighted by atomic mass is 10.3. The molecule has 0 bridgehead atoms. The summed E-state index contributed by atoms with van der Waals surface area (Å²) in [5.74, 6) is 1.32. The predicted octanol–water partition coefficient (Wildman–Crippen LogP) is 2.68. The van der Waals surface area contributed by atoms with E-state index >= 15 is 0 Å². The highest BCUT2D eigenvalue weighted by molar-refractivity contribution is 7.99. The molecule has 3 aromatic rings. The van der Waals surface area contributed by atoms with Gasteiger partial charge in [-0.2, -0.15) is 5.10 Å². The van der Waals surface area contributed by atoms with Gasteiger partial charge in [0.05, 0.1) is 12.0 Å². The van der Waals surface area contributed by atoms with Gasteiger partial charge in [-0.25, -0.2) is 5.43 Å². The van der Waals surface area contributed by atoms with Crippen LogP contribution in [0.15, 0.2) is 77.8 Å². The number of ether oxygens (including phenoxy) is 1. The van der Waals surface area contributed by atoms with Gasteiger partial charge in [-0.15, -0.1) is 16.8 Å². The van der Waals surface area contributed by atoms with E-state index in [1.165, 1.54) is 18.0 Å². The summed E-state index contributed by atoms with van der Waals surface area (Å²) in [5.41, 5.74) is 3.29. The third kappa shape index (κ3) is 6.28. The van der Waals surface area contributed by atoms with Crippen LogP contribution < -0.4 is 10.2 Å². The Morgan fingerprint density at radius 1 is 1.24 bits per heavy atom. The van der Waals surface area contributed by atoms with Crippen molar-refractivity contribution in [1.82, 2.24) is 25.2 Å². The Morgan fingerprint density at radius 3 is 2.86 bits per heavy atom. The van der Waals surface area contributed by atoms with E-state index in [-0.39, 0.29) is 18.3 Å². The van der Waals surface area contributed by atoms with Crippen LogP contribution in [0.2, 0.25) is 0 Å². The standard InChI is InChI=1S/C20H20N6O2S/c1-2-11-26-18(14-28-17-8-4-3-5-9-17)23-25-20(26)29-15-19(27)24-22-13-16-7-6-10-21-12-16/h2-10,12-13H,1,11,14-15H2,(H,24,27)/b22-13-. The summed E-state index contributed by atoms with van der Waals surface area (Å²) in [6, 6.07) is 13.1. The zero-order valence-electron chi connectivity index (χ0n) is 15.6. The van der Waals surface area contributed by atoms with Crippen molar-refractivity contribution in [2.45, 2.75) is 18.3 Å². The van der Waals surface area contributed by atoms with E-state index in [0.717, 1.165) is 11.3 Å². The lowest BCUT2D eigenvalue weighted by molar-refractivity contribution is -0.118. The highest BCUT2D eigenvalue weighted by atomic mass is 32.2. The maximum absolute atomic E-state index is 12.0. The van der Waals surface area contributed by atoms with Crippen LogP contribution in [0.25, 0.3) is 0 Å². The van der Waals surface area contributed by atoms with Crippen molar-refractivity contribution in [1.29, 1.82) is 0 Å². The Balaban J connectivity index is 1.54. The van der Waals surface area contributed by atoms with Gasteiger partial charge >= 0.3 is 0 Å². The van der Waals surface area contributed by atoms with Gasteiger partial charge in [0.25, 0.3) is 5.91 Å². The number of nitrogens with one attached hydrogen (secondary N) is 1. The molecule has 29 heavy (non-hydrogen) atoms. The molecule has 148 valence electrons. The van der Waals surface area contributed by atoms with Gasteiger partial charge in [-0.05, 0) is 18.2 Å². The SMILES string of the molecule is C=CCn1c(COc2ccccc2)nnc1SCC(=O)N/N=C\c1cccnc1.